The lowest BCUT2D eigenvalue weighted by atomic mass is 9.95. The third-order valence-electron chi connectivity index (χ3n) is 3.78. The quantitative estimate of drug-likeness (QED) is 0.552. The van der Waals surface area contributed by atoms with E-state index in [9.17, 15) is 9.90 Å². The minimum absolute atomic E-state index is 0.0825. The zero-order chi connectivity index (χ0) is 15.8. The topological polar surface area (TPSA) is 83.0 Å². The molecular formula is C16H23N3O3. The molecule has 3 N–H and O–H groups in total. The van der Waals surface area contributed by atoms with E-state index in [0.29, 0.717) is 17.4 Å². The number of ether oxygens (including phenoxy) is 1. The van der Waals surface area contributed by atoms with Crippen molar-refractivity contribution in [3.8, 4) is 11.5 Å². The molecule has 0 atom stereocenters. The molecule has 2 rings (SSSR count). The Labute approximate surface area is 130 Å². The summed E-state index contributed by atoms with van der Waals surface area (Å²) < 4.78 is 5.07. The van der Waals surface area contributed by atoms with Crippen LogP contribution in [0.2, 0.25) is 0 Å². The van der Waals surface area contributed by atoms with Crippen LogP contribution in [0.4, 0.5) is 0 Å². The Balaban J connectivity index is 1.77. The number of aromatic hydroxyl groups is 1. The van der Waals surface area contributed by atoms with Gasteiger partial charge >= 0.3 is 0 Å². The maximum absolute atomic E-state index is 11.7. The zero-order valence-corrected chi connectivity index (χ0v) is 12.8. The van der Waals surface area contributed by atoms with E-state index < -0.39 is 0 Å². The number of carbonyl (C=O) groups excluding carboxylic acids is 1. The van der Waals surface area contributed by atoms with Gasteiger partial charge < -0.3 is 15.2 Å². The number of nitrogens with zero attached hydrogens (tertiary/aromatic N) is 1. The zero-order valence-electron chi connectivity index (χ0n) is 12.8. The van der Waals surface area contributed by atoms with Crippen LogP contribution in [-0.2, 0) is 4.79 Å². The average Bonchev–Trinajstić information content (AvgIpc) is 2.55. The Hall–Kier alpha value is -2.08. The number of nitrogens with one attached hydrogen (secondary N) is 2. The van der Waals surface area contributed by atoms with Gasteiger partial charge in [-0.2, -0.15) is 5.10 Å². The van der Waals surface area contributed by atoms with Gasteiger partial charge in [0, 0.05) is 11.6 Å². The van der Waals surface area contributed by atoms with E-state index in [1.165, 1.54) is 31.5 Å². The molecule has 1 amide bonds. The van der Waals surface area contributed by atoms with Gasteiger partial charge in [0.05, 0.1) is 19.9 Å². The van der Waals surface area contributed by atoms with E-state index >= 15 is 0 Å². The number of methoxy groups -OCH3 is 1. The Bertz CT molecular complexity index is 525. The second-order valence-electron chi connectivity index (χ2n) is 5.43. The minimum atomic E-state index is -0.191. The van der Waals surface area contributed by atoms with Crippen LogP contribution in [0.15, 0.2) is 23.3 Å². The van der Waals surface area contributed by atoms with Gasteiger partial charge in [0.2, 0.25) is 0 Å². The fraction of sp³-hybridized carbons (Fsp3) is 0.500. The normalized spacial score (nSPS) is 15.9. The molecule has 0 saturated heterocycles. The molecule has 0 aliphatic heterocycles. The first kappa shape index (κ1) is 16.3. The summed E-state index contributed by atoms with van der Waals surface area (Å²) in [7, 11) is 1.55. The SMILES string of the molecule is COc1ccc(O)c(/C=N\NC(=O)CNC2CCCCC2)c1. The summed E-state index contributed by atoms with van der Waals surface area (Å²) in [5.41, 5.74) is 2.94. The maximum atomic E-state index is 11.7. The van der Waals surface area contributed by atoms with Crippen molar-refractivity contribution in [2.45, 2.75) is 38.1 Å². The van der Waals surface area contributed by atoms with Crippen LogP contribution in [0.3, 0.4) is 0 Å². The molecule has 0 aromatic heterocycles. The van der Waals surface area contributed by atoms with Crippen molar-refractivity contribution in [2.75, 3.05) is 13.7 Å². The molecule has 1 saturated carbocycles. The highest BCUT2D eigenvalue weighted by Gasteiger charge is 2.13. The van der Waals surface area contributed by atoms with Gasteiger partial charge in [0.15, 0.2) is 0 Å². The van der Waals surface area contributed by atoms with Crippen LogP contribution < -0.4 is 15.5 Å². The van der Waals surface area contributed by atoms with E-state index in [1.807, 2.05) is 0 Å². The van der Waals surface area contributed by atoms with E-state index in [4.69, 9.17) is 4.74 Å². The standard InChI is InChI=1S/C16H23N3O3/c1-22-14-7-8-15(20)12(9-14)10-18-19-16(21)11-17-13-5-3-2-4-6-13/h7-10,13,17,20H,2-6,11H2,1H3,(H,19,21)/b18-10-. The molecule has 6 nitrogen and oxygen atoms in total. The summed E-state index contributed by atoms with van der Waals surface area (Å²) in [4.78, 5) is 11.7. The second-order valence-corrected chi connectivity index (χ2v) is 5.43. The number of hydrogen-bond acceptors (Lipinski definition) is 5. The predicted molar refractivity (Wildman–Crippen MR) is 85.3 cm³/mol. The number of hydrazone groups is 1. The van der Waals surface area contributed by atoms with E-state index in [1.54, 1.807) is 19.2 Å². The molecular weight excluding hydrogens is 282 g/mol. The molecule has 0 unspecified atom stereocenters. The molecule has 1 fully saturated rings. The molecule has 120 valence electrons. The first-order valence-electron chi connectivity index (χ1n) is 7.61. The fourth-order valence-corrected chi connectivity index (χ4v) is 2.52. The molecule has 1 aliphatic carbocycles. The number of benzene rings is 1. The molecule has 6 heteroatoms. The van der Waals surface area contributed by atoms with E-state index in [-0.39, 0.29) is 18.2 Å². The van der Waals surface area contributed by atoms with Crippen molar-refractivity contribution in [1.29, 1.82) is 0 Å². The number of phenolic OH excluding ortho intramolecular Hbond substituents is 1. The second kappa shape index (κ2) is 8.38. The molecule has 0 heterocycles. The summed E-state index contributed by atoms with van der Waals surface area (Å²) in [5, 5.41) is 16.8. The number of phenols is 1. The number of carbonyl (C=O) groups is 1. The molecule has 1 aromatic carbocycles. The number of amides is 1. The smallest absolute Gasteiger partial charge is 0.254 e. The van der Waals surface area contributed by atoms with Gasteiger partial charge in [-0.25, -0.2) is 5.43 Å². The lowest BCUT2D eigenvalue weighted by Gasteiger charge is -2.22. The highest BCUT2D eigenvalue weighted by Crippen LogP contribution is 2.21. The lowest BCUT2D eigenvalue weighted by Crippen LogP contribution is -2.38. The third kappa shape index (κ3) is 5.04. The predicted octanol–water partition coefficient (Wildman–Crippen LogP) is 1.77. The molecule has 0 bridgehead atoms. The Morgan fingerprint density at radius 1 is 1.41 bits per heavy atom. The maximum Gasteiger partial charge on any atom is 0.254 e. The molecule has 0 radical (unpaired) electrons. The largest absolute Gasteiger partial charge is 0.507 e. The Morgan fingerprint density at radius 2 is 2.18 bits per heavy atom. The monoisotopic (exact) mass is 305 g/mol. The highest BCUT2D eigenvalue weighted by molar-refractivity contribution is 5.86. The van der Waals surface area contributed by atoms with Gasteiger partial charge in [-0.05, 0) is 31.0 Å². The van der Waals surface area contributed by atoms with E-state index in [0.717, 1.165) is 12.8 Å². The molecule has 22 heavy (non-hydrogen) atoms. The van der Waals surface area contributed by atoms with Crippen LogP contribution in [0.1, 0.15) is 37.7 Å². The van der Waals surface area contributed by atoms with Gasteiger partial charge in [0.25, 0.3) is 5.91 Å². The van der Waals surface area contributed by atoms with Crippen molar-refractivity contribution in [3.05, 3.63) is 23.8 Å². The van der Waals surface area contributed by atoms with Crippen molar-refractivity contribution in [2.24, 2.45) is 5.10 Å². The number of rotatable bonds is 6. The van der Waals surface area contributed by atoms with E-state index in [2.05, 4.69) is 15.8 Å². The molecule has 1 aliphatic rings. The van der Waals surface area contributed by atoms with Crippen LogP contribution in [0.25, 0.3) is 0 Å². The summed E-state index contributed by atoms with van der Waals surface area (Å²) in [6.45, 7) is 0.256. The summed E-state index contributed by atoms with van der Waals surface area (Å²) in [6.07, 6.45) is 7.41. The van der Waals surface area contributed by atoms with Gasteiger partial charge in [-0.15, -0.1) is 0 Å². The number of hydrogen-bond donors (Lipinski definition) is 3. The van der Waals surface area contributed by atoms with Crippen molar-refractivity contribution >= 4 is 12.1 Å². The summed E-state index contributed by atoms with van der Waals surface area (Å²) >= 11 is 0. The first-order chi connectivity index (χ1) is 10.7. The summed E-state index contributed by atoms with van der Waals surface area (Å²) in [6, 6.07) is 5.25. The van der Waals surface area contributed by atoms with Gasteiger partial charge in [-0.3, -0.25) is 4.79 Å². The van der Waals surface area contributed by atoms with Gasteiger partial charge in [-0.1, -0.05) is 19.3 Å². The van der Waals surface area contributed by atoms with Crippen molar-refractivity contribution < 1.29 is 14.6 Å². The fourth-order valence-electron chi connectivity index (χ4n) is 2.52. The lowest BCUT2D eigenvalue weighted by molar-refractivity contribution is -0.120. The highest BCUT2D eigenvalue weighted by atomic mass is 16.5. The summed E-state index contributed by atoms with van der Waals surface area (Å²) in [5.74, 6) is 0.507. The van der Waals surface area contributed by atoms with Crippen LogP contribution in [0.5, 0.6) is 11.5 Å². The van der Waals surface area contributed by atoms with Crippen molar-refractivity contribution in [1.82, 2.24) is 10.7 Å². The first-order valence-corrected chi connectivity index (χ1v) is 7.61. The Kier molecular flexibility index (Phi) is 6.21. The molecule has 0 spiro atoms. The molecule has 1 aromatic rings. The average molecular weight is 305 g/mol. The van der Waals surface area contributed by atoms with Crippen LogP contribution in [0, 0.1) is 0 Å². The Morgan fingerprint density at radius 3 is 2.91 bits per heavy atom. The van der Waals surface area contributed by atoms with Crippen LogP contribution in [-0.4, -0.2) is 36.9 Å². The third-order valence-corrected chi connectivity index (χ3v) is 3.78. The minimum Gasteiger partial charge on any atom is -0.507 e. The van der Waals surface area contributed by atoms with Crippen LogP contribution >= 0.6 is 0 Å². The van der Waals surface area contributed by atoms with Gasteiger partial charge in [0.1, 0.15) is 11.5 Å². The van der Waals surface area contributed by atoms with Crippen molar-refractivity contribution in [3.63, 3.8) is 0 Å².